The van der Waals surface area contributed by atoms with Crippen LogP contribution in [0, 0.1) is 11.7 Å². The molecule has 5 nitrogen and oxygen atoms in total. The van der Waals surface area contributed by atoms with E-state index >= 15 is 0 Å². The van der Waals surface area contributed by atoms with Gasteiger partial charge in [-0.1, -0.05) is 6.07 Å². The monoisotopic (exact) mass is 323 g/mol. The highest BCUT2D eigenvalue weighted by molar-refractivity contribution is 5.68. The van der Waals surface area contributed by atoms with E-state index in [-0.39, 0.29) is 17.5 Å². The van der Waals surface area contributed by atoms with E-state index in [0.29, 0.717) is 31.0 Å². The predicted octanol–water partition coefficient (Wildman–Crippen LogP) is 3.18. The maximum atomic E-state index is 14.1. The average Bonchev–Trinajstić information content (AvgIpc) is 2.47. The van der Waals surface area contributed by atoms with Gasteiger partial charge >= 0.3 is 6.09 Å². The van der Waals surface area contributed by atoms with Crippen LogP contribution < -0.4 is 11.5 Å². The molecule has 0 bridgehead atoms. The van der Waals surface area contributed by atoms with Crippen molar-refractivity contribution in [2.45, 2.75) is 45.6 Å². The number of hydrogen-bond donors (Lipinski definition) is 2. The molecule has 0 aromatic heterocycles. The lowest BCUT2D eigenvalue weighted by atomic mass is 9.90. The Morgan fingerprint density at radius 3 is 2.48 bits per heavy atom. The molecule has 0 aliphatic carbocycles. The summed E-state index contributed by atoms with van der Waals surface area (Å²) in [7, 11) is 0. The van der Waals surface area contributed by atoms with Crippen LogP contribution in [0.5, 0.6) is 0 Å². The lowest BCUT2D eigenvalue weighted by Crippen LogP contribution is -2.42. The van der Waals surface area contributed by atoms with Crippen molar-refractivity contribution in [1.82, 2.24) is 4.90 Å². The van der Waals surface area contributed by atoms with Crippen LogP contribution in [0.3, 0.4) is 0 Å². The summed E-state index contributed by atoms with van der Waals surface area (Å²) >= 11 is 0. The van der Waals surface area contributed by atoms with E-state index in [1.165, 1.54) is 0 Å². The van der Waals surface area contributed by atoms with Crippen molar-refractivity contribution in [3.63, 3.8) is 0 Å². The van der Waals surface area contributed by atoms with E-state index in [1.54, 1.807) is 17.0 Å². The Labute approximate surface area is 136 Å². The normalized spacial score (nSPS) is 16.4. The number of carbonyl (C=O) groups excluding carboxylic acids is 1. The van der Waals surface area contributed by atoms with Gasteiger partial charge in [0.1, 0.15) is 5.60 Å². The molecule has 1 amide bonds. The summed E-state index contributed by atoms with van der Waals surface area (Å²) in [6.45, 7) is 6.82. The van der Waals surface area contributed by atoms with Gasteiger partial charge in [0.05, 0.1) is 11.4 Å². The molecule has 0 atom stereocenters. The van der Waals surface area contributed by atoms with Crippen molar-refractivity contribution in [2.75, 3.05) is 24.6 Å². The van der Waals surface area contributed by atoms with E-state index < -0.39 is 11.4 Å². The Morgan fingerprint density at radius 2 is 1.91 bits per heavy atom. The maximum Gasteiger partial charge on any atom is 0.410 e. The molecule has 128 valence electrons. The highest BCUT2D eigenvalue weighted by Crippen LogP contribution is 2.28. The van der Waals surface area contributed by atoms with Crippen molar-refractivity contribution in [3.05, 3.63) is 23.5 Å². The van der Waals surface area contributed by atoms with Crippen molar-refractivity contribution in [1.29, 1.82) is 0 Å². The van der Waals surface area contributed by atoms with E-state index in [2.05, 4.69) is 0 Å². The number of amides is 1. The molecule has 1 saturated heterocycles. The second kappa shape index (κ2) is 6.64. The first-order chi connectivity index (χ1) is 10.7. The molecule has 1 aliphatic heterocycles. The highest BCUT2D eigenvalue weighted by Gasteiger charge is 2.27. The van der Waals surface area contributed by atoms with Gasteiger partial charge in [0.15, 0.2) is 5.82 Å². The van der Waals surface area contributed by atoms with Gasteiger partial charge in [-0.2, -0.15) is 0 Å². The molecule has 0 radical (unpaired) electrons. The van der Waals surface area contributed by atoms with E-state index in [4.69, 9.17) is 16.2 Å². The molecule has 0 spiro atoms. The zero-order valence-corrected chi connectivity index (χ0v) is 14.1. The lowest BCUT2D eigenvalue weighted by molar-refractivity contribution is 0.0184. The quantitative estimate of drug-likeness (QED) is 0.819. The number of likely N-dealkylation sites (tertiary alicyclic amines) is 1. The first kappa shape index (κ1) is 17.4. The van der Waals surface area contributed by atoms with E-state index in [0.717, 1.165) is 12.8 Å². The maximum absolute atomic E-state index is 14.1. The molecule has 1 aromatic rings. The minimum Gasteiger partial charge on any atom is -0.444 e. The molecular weight excluding hydrogens is 297 g/mol. The predicted molar refractivity (Wildman–Crippen MR) is 89.5 cm³/mol. The summed E-state index contributed by atoms with van der Waals surface area (Å²) in [4.78, 5) is 13.7. The summed E-state index contributed by atoms with van der Waals surface area (Å²) in [5.41, 5.74) is 11.6. The number of benzene rings is 1. The number of piperidine rings is 1. The minimum atomic E-state index is -0.488. The minimum absolute atomic E-state index is 0.0219. The zero-order chi connectivity index (χ0) is 17.2. The second-order valence-corrected chi connectivity index (χ2v) is 7.16. The number of carbonyl (C=O) groups is 1. The Kier molecular flexibility index (Phi) is 5.02. The first-order valence-electron chi connectivity index (χ1n) is 7.97. The highest BCUT2D eigenvalue weighted by atomic mass is 19.1. The van der Waals surface area contributed by atoms with Crippen LogP contribution in [0.25, 0.3) is 0 Å². The van der Waals surface area contributed by atoms with Crippen LogP contribution in [-0.2, 0) is 11.2 Å². The van der Waals surface area contributed by atoms with Gasteiger partial charge in [-0.05, 0) is 57.6 Å². The van der Waals surface area contributed by atoms with E-state index in [1.807, 2.05) is 20.8 Å². The summed E-state index contributed by atoms with van der Waals surface area (Å²) in [6.07, 6.45) is 1.98. The first-order valence-corrected chi connectivity index (χ1v) is 7.97. The Morgan fingerprint density at radius 1 is 1.30 bits per heavy atom. The number of nitrogens with two attached hydrogens (primary N) is 2. The van der Waals surface area contributed by atoms with Crippen LogP contribution in [-0.4, -0.2) is 29.7 Å². The van der Waals surface area contributed by atoms with Crippen LogP contribution >= 0.6 is 0 Å². The van der Waals surface area contributed by atoms with Gasteiger partial charge in [-0.25, -0.2) is 9.18 Å². The zero-order valence-electron chi connectivity index (χ0n) is 14.1. The number of nitrogen functional groups attached to an aromatic ring is 2. The smallest absolute Gasteiger partial charge is 0.410 e. The molecule has 2 rings (SSSR count). The van der Waals surface area contributed by atoms with Crippen molar-refractivity contribution < 1.29 is 13.9 Å². The number of rotatable bonds is 2. The topological polar surface area (TPSA) is 81.6 Å². The molecule has 23 heavy (non-hydrogen) atoms. The third-order valence-electron chi connectivity index (χ3n) is 4.07. The van der Waals surface area contributed by atoms with Crippen LogP contribution in [0.1, 0.15) is 39.2 Å². The molecule has 0 unspecified atom stereocenters. The average molecular weight is 323 g/mol. The van der Waals surface area contributed by atoms with E-state index in [9.17, 15) is 9.18 Å². The van der Waals surface area contributed by atoms with Gasteiger partial charge in [-0.3, -0.25) is 0 Å². The summed E-state index contributed by atoms with van der Waals surface area (Å²) in [5.74, 6) is -0.0919. The molecule has 1 fully saturated rings. The molecule has 1 aliphatic rings. The van der Waals surface area contributed by atoms with Gasteiger partial charge in [-0.15, -0.1) is 0 Å². The summed E-state index contributed by atoms with van der Waals surface area (Å²) in [6, 6.07) is 3.34. The fourth-order valence-corrected chi connectivity index (χ4v) is 2.77. The summed E-state index contributed by atoms with van der Waals surface area (Å²) in [5, 5.41) is 0. The largest absolute Gasteiger partial charge is 0.444 e. The number of anilines is 2. The fourth-order valence-electron chi connectivity index (χ4n) is 2.77. The third-order valence-corrected chi connectivity index (χ3v) is 4.07. The van der Waals surface area contributed by atoms with Gasteiger partial charge < -0.3 is 21.1 Å². The number of ether oxygens (including phenoxy) is 1. The molecule has 1 aromatic carbocycles. The Bertz CT molecular complexity index is 576. The SMILES string of the molecule is CC(C)(C)OC(=O)N1CCC(Cc2ccc(N)c(N)c2F)CC1. The third kappa shape index (κ3) is 4.50. The van der Waals surface area contributed by atoms with Crippen LogP contribution in [0.4, 0.5) is 20.6 Å². The molecule has 0 saturated carbocycles. The summed E-state index contributed by atoms with van der Waals surface area (Å²) < 4.78 is 19.5. The Balaban J connectivity index is 1.90. The molecular formula is C17H26FN3O2. The number of halogens is 1. The molecule has 4 N–H and O–H groups in total. The second-order valence-electron chi connectivity index (χ2n) is 7.16. The van der Waals surface area contributed by atoms with Crippen molar-refractivity contribution in [2.24, 2.45) is 5.92 Å². The lowest BCUT2D eigenvalue weighted by Gasteiger charge is -2.33. The number of hydrogen-bond acceptors (Lipinski definition) is 4. The number of nitrogens with zero attached hydrogens (tertiary/aromatic N) is 1. The van der Waals surface area contributed by atoms with Crippen molar-refractivity contribution in [3.8, 4) is 0 Å². The van der Waals surface area contributed by atoms with Crippen molar-refractivity contribution >= 4 is 17.5 Å². The molecule has 1 heterocycles. The Hall–Kier alpha value is -1.98. The van der Waals surface area contributed by atoms with Gasteiger partial charge in [0.25, 0.3) is 0 Å². The van der Waals surface area contributed by atoms with Crippen LogP contribution in [0.15, 0.2) is 12.1 Å². The van der Waals surface area contributed by atoms with Gasteiger partial charge in [0, 0.05) is 13.1 Å². The van der Waals surface area contributed by atoms with Crippen LogP contribution in [0.2, 0.25) is 0 Å². The standard InChI is InChI=1S/C17H26FN3O2/c1-17(2,3)23-16(22)21-8-6-11(7-9-21)10-12-4-5-13(19)15(20)14(12)18/h4-5,11H,6-10,19-20H2,1-3H3. The van der Waals surface area contributed by atoms with Gasteiger partial charge in [0.2, 0.25) is 0 Å². The fraction of sp³-hybridized carbons (Fsp3) is 0.588. The molecule has 6 heteroatoms.